The lowest BCUT2D eigenvalue weighted by Crippen LogP contribution is -2.46. The number of hydrogen-bond acceptors (Lipinski definition) is 4. The van der Waals surface area contributed by atoms with Crippen molar-refractivity contribution < 1.29 is 19.1 Å². The van der Waals surface area contributed by atoms with Crippen LogP contribution < -0.4 is 0 Å². The minimum absolute atomic E-state index is 0.111. The minimum Gasteiger partial charge on any atom is -0.449 e. The summed E-state index contributed by atoms with van der Waals surface area (Å²) in [6.45, 7) is 4.89. The van der Waals surface area contributed by atoms with Gasteiger partial charge in [0, 0.05) is 6.54 Å². The Hall–Kier alpha value is -3.15. The Balaban J connectivity index is 1.64. The van der Waals surface area contributed by atoms with Crippen LogP contribution in [0.25, 0.3) is 0 Å². The first-order valence-corrected chi connectivity index (χ1v) is 9.93. The SMILES string of the molecule is CC(C)COC(=O)N1CCc2ccccc2C1CN1C(=O)c2ccccc2C1=O. The summed E-state index contributed by atoms with van der Waals surface area (Å²) in [5.74, 6) is -0.404. The molecule has 0 bridgehead atoms. The third kappa shape index (κ3) is 3.50. The van der Waals surface area contributed by atoms with Gasteiger partial charge in [0.1, 0.15) is 0 Å². The Morgan fingerprint density at radius 1 is 1.03 bits per heavy atom. The predicted octanol–water partition coefficient (Wildman–Crippen LogP) is 3.67. The van der Waals surface area contributed by atoms with Crippen molar-refractivity contribution in [2.75, 3.05) is 19.7 Å². The highest BCUT2D eigenvalue weighted by Gasteiger charge is 2.40. The fraction of sp³-hybridized carbons (Fsp3) is 0.348. The van der Waals surface area contributed by atoms with Gasteiger partial charge in [-0.25, -0.2) is 4.79 Å². The smallest absolute Gasteiger partial charge is 0.410 e. The van der Waals surface area contributed by atoms with Crippen LogP contribution in [0.3, 0.4) is 0 Å². The van der Waals surface area contributed by atoms with Crippen LogP contribution in [-0.4, -0.2) is 47.4 Å². The van der Waals surface area contributed by atoms with E-state index in [0.717, 1.165) is 11.1 Å². The average molecular weight is 392 g/mol. The van der Waals surface area contributed by atoms with Crippen molar-refractivity contribution in [3.63, 3.8) is 0 Å². The van der Waals surface area contributed by atoms with Crippen molar-refractivity contribution in [1.29, 1.82) is 0 Å². The molecule has 0 saturated heterocycles. The molecule has 0 saturated carbocycles. The van der Waals surface area contributed by atoms with E-state index in [0.29, 0.717) is 30.7 Å². The molecule has 0 fully saturated rings. The van der Waals surface area contributed by atoms with E-state index in [-0.39, 0.29) is 24.3 Å². The largest absolute Gasteiger partial charge is 0.449 e. The lowest BCUT2D eigenvalue weighted by atomic mass is 9.92. The minimum atomic E-state index is -0.429. The molecule has 0 radical (unpaired) electrons. The van der Waals surface area contributed by atoms with E-state index >= 15 is 0 Å². The number of imide groups is 1. The van der Waals surface area contributed by atoms with Gasteiger partial charge in [0.05, 0.1) is 30.3 Å². The molecule has 1 unspecified atom stereocenters. The van der Waals surface area contributed by atoms with Gasteiger partial charge in [0.25, 0.3) is 11.8 Å². The summed E-state index contributed by atoms with van der Waals surface area (Å²) in [6, 6.07) is 14.3. The monoisotopic (exact) mass is 392 g/mol. The molecule has 0 aromatic heterocycles. The Morgan fingerprint density at radius 3 is 2.31 bits per heavy atom. The quantitative estimate of drug-likeness (QED) is 0.745. The normalized spacial score (nSPS) is 18.1. The molecule has 3 amide bonds. The lowest BCUT2D eigenvalue weighted by molar-refractivity contribution is 0.0497. The Labute approximate surface area is 170 Å². The molecule has 0 spiro atoms. The standard InChI is InChI=1S/C23H24N2O4/c1-15(2)14-29-23(28)24-12-11-16-7-3-4-8-17(16)20(24)13-25-21(26)18-9-5-6-10-19(18)22(25)27/h3-10,15,20H,11-14H2,1-2H3. The number of benzene rings is 2. The summed E-state index contributed by atoms with van der Waals surface area (Å²) in [5, 5.41) is 0. The fourth-order valence-corrected chi connectivity index (χ4v) is 3.97. The van der Waals surface area contributed by atoms with Gasteiger partial charge in [-0.2, -0.15) is 0 Å². The molecule has 6 heteroatoms. The molecule has 0 aliphatic carbocycles. The Bertz CT molecular complexity index is 934. The maximum Gasteiger partial charge on any atom is 0.410 e. The van der Waals surface area contributed by atoms with Crippen LogP contribution in [0.5, 0.6) is 0 Å². The van der Waals surface area contributed by atoms with E-state index in [9.17, 15) is 14.4 Å². The summed E-state index contributed by atoms with van der Waals surface area (Å²) < 4.78 is 5.47. The molecular formula is C23H24N2O4. The molecule has 29 heavy (non-hydrogen) atoms. The van der Waals surface area contributed by atoms with Crippen LogP contribution in [0, 0.1) is 5.92 Å². The zero-order valence-electron chi connectivity index (χ0n) is 16.6. The number of fused-ring (bicyclic) bond motifs is 2. The zero-order chi connectivity index (χ0) is 20.5. The summed E-state index contributed by atoms with van der Waals surface area (Å²) in [4.78, 5) is 41.4. The van der Waals surface area contributed by atoms with E-state index in [1.165, 1.54) is 4.90 Å². The summed E-state index contributed by atoms with van der Waals surface area (Å²) in [5.41, 5.74) is 2.91. The predicted molar refractivity (Wildman–Crippen MR) is 108 cm³/mol. The van der Waals surface area contributed by atoms with Crippen LogP contribution in [0.4, 0.5) is 4.79 Å². The van der Waals surface area contributed by atoms with Gasteiger partial charge in [-0.3, -0.25) is 19.4 Å². The molecule has 4 rings (SSSR count). The summed E-state index contributed by atoms with van der Waals surface area (Å²) in [6.07, 6.45) is 0.306. The van der Waals surface area contributed by atoms with E-state index < -0.39 is 12.1 Å². The molecule has 2 aromatic rings. The van der Waals surface area contributed by atoms with Crippen molar-refractivity contribution in [3.05, 3.63) is 70.8 Å². The lowest BCUT2D eigenvalue weighted by Gasteiger charge is -2.38. The average Bonchev–Trinajstić information content (AvgIpc) is 2.97. The number of ether oxygens (including phenoxy) is 1. The molecule has 2 aromatic carbocycles. The zero-order valence-corrected chi connectivity index (χ0v) is 16.6. The first-order chi connectivity index (χ1) is 14.0. The highest BCUT2D eigenvalue weighted by atomic mass is 16.6. The fourth-order valence-electron chi connectivity index (χ4n) is 3.97. The molecule has 150 valence electrons. The second kappa shape index (κ2) is 7.70. The molecule has 2 aliphatic heterocycles. The van der Waals surface area contributed by atoms with Crippen LogP contribution in [0.1, 0.15) is 51.7 Å². The maximum absolute atomic E-state index is 12.9. The third-order valence-corrected chi connectivity index (χ3v) is 5.42. The van der Waals surface area contributed by atoms with Crippen LogP contribution in [-0.2, 0) is 11.2 Å². The molecule has 1 atom stereocenters. The second-order valence-electron chi connectivity index (χ2n) is 7.90. The van der Waals surface area contributed by atoms with Gasteiger partial charge in [-0.05, 0) is 35.6 Å². The van der Waals surface area contributed by atoms with Gasteiger partial charge in [0.15, 0.2) is 0 Å². The Morgan fingerprint density at radius 2 is 1.66 bits per heavy atom. The van der Waals surface area contributed by atoms with Gasteiger partial charge in [-0.1, -0.05) is 50.2 Å². The highest BCUT2D eigenvalue weighted by molar-refractivity contribution is 6.21. The number of carbonyl (C=O) groups is 3. The molecule has 0 N–H and O–H groups in total. The molecule has 2 heterocycles. The first kappa shape index (κ1) is 19.2. The van der Waals surface area contributed by atoms with Crippen LogP contribution in [0.15, 0.2) is 48.5 Å². The van der Waals surface area contributed by atoms with Crippen molar-refractivity contribution in [3.8, 4) is 0 Å². The third-order valence-electron chi connectivity index (χ3n) is 5.42. The number of hydrogen-bond donors (Lipinski definition) is 0. The van der Waals surface area contributed by atoms with Crippen LogP contribution in [0.2, 0.25) is 0 Å². The number of carbonyl (C=O) groups excluding carboxylic acids is 3. The van der Waals surface area contributed by atoms with Gasteiger partial charge >= 0.3 is 6.09 Å². The summed E-state index contributed by atoms with van der Waals surface area (Å²) >= 11 is 0. The molecule has 6 nitrogen and oxygen atoms in total. The van der Waals surface area contributed by atoms with E-state index in [4.69, 9.17) is 4.74 Å². The van der Waals surface area contributed by atoms with E-state index in [1.807, 2.05) is 38.1 Å². The topological polar surface area (TPSA) is 66.9 Å². The van der Waals surface area contributed by atoms with Crippen LogP contribution >= 0.6 is 0 Å². The Kier molecular flexibility index (Phi) is 5.09. The van der Waals surface area contributed by atoms with Crippen molar-refractivity contribution in [2.24, 2.45) is 5.92 Å². The van der Waals surface area contributed by atoms with E-state index in [2.05, 4.69) is 0 Å². The van der Waals surface area contributed by atoms with E-state index in [1.54, 1.807) is 29.2 Å². The number of nitrogens with zero attached hydrogens (tertiary/aromatic N) is 2. The van der Waals surface area contributed by atoms with Gasteiger partial charge < -0.3 is 4.74 Å². The first-order valence-electron chi connectivity index (χ1n) is 9.93. The number of amides is 3. The van der Waals surface area contributed by atoms with Crippen molar-refractivity contribution in [1.82, 2.24) is 9.80 Å². The summed E-state index contributed by atoms with van der Waals surface area (Å²) in [7, 11) is 0. The second-order valence-corrected chi connectivity index (χ2v) is 7.90. The van der Waals surface area contributed by atoms with Gasteiger partial charge in [0.2, 0.25) is 0 Å². The highest BCUT2D eigenvalue weighted by Crippen LogP contribution is 2.33. The number of rotatable bonds is 4. The van der Waals surface area contributed by atoms with Gasteiger partial charge in [-0.15, -0.1) is 0 Å². The van der Waals surface area contributed by atoms with Crippen molar-refractivity contribution in [2.45, 2.75) is 26.3 Å². The molecular weight excluding hydrogens is 368 g/mol. The molecule has 2 aliphatic rings. The maximum atomic E-state index is 12.9. The van der Waals surface area contributed by atoms with Crippen molar-refractivity contribution >= 4 is 17.9 Å².